The first-order valence-corrected chi connectivity index (χ1v) is 8.89. The van der Waals surface area contributed by atoms with Crippen LogP contribution >= 0.6 is 0 Å². The maximum atomic E-state index is 11.7. The Morgan fingerprint density at radius 2 is 1.64 bits per heavy atom. The van der Waals surface area contributed by atoms with Crippen molar-refractivity contribution in [2.24, 2.45) is 11.8 Å². The molecule has 0 saturated heterocycles. The second-order valence-electron chi connectivity index (χ2n) is 8.36. The van der Waals surface area contributed by atoms with Crippen molar-refractivity contribution in [1.82, 2.24) is 15.8 Å². The minimum atomic E-state index is -0.450. The Labute approximate surface area is 134 Å². The normalized spacial score (nSPS) is 28.4. The number of carbonyl (C=O) groups is 1. The van der Waals surface area contributed by atoms with Gasteiger partial charge in [-0.2, -0.15) is 0 Å². The number of amides is 1. The molecule has 3 aliphatic carbocycles. The SMILES string of the molecule is CC(C)(C)OC(=O)NN[C@@H]1CC[C@H]1N(CC1CC1)CC1CC1. The van der Waals surface area contributed by atoms with Gasteiger partial charge in [0.15, 0.2) is 0 Å². The van der Waals surface area contributed by atoms with E-state index >= 15 is 0 Å². The summed E-state index contributed by atoms with van der Waals surface area (Å²) in [5, 5.41) is 0. The maximum Gasteiger partial charge on any atom is 0.422 e. The number of carbonyl (C=O) groups excluding carboxylic acids is 1. The zero-order valence-corrected chi connectivity index (χ0v) is 14.2. The average molecular weight is 309 g/mol. The van der Waals surface area contributed by atoms with Crippen LogP contribution in [0.5, 0.6) is 0 Å². The Morgan fingerprint density at radius 3 is 2.05 bits per heavy atom. The van der Waals surface area contributed by atoms with Crippen molar-refractivity contribution in [3.63, 3.8) is 0 Å². The molecule has 3 rings (SSSR count). The Hall–Kier alpha value is -0.810. The van der Waals surface area contributed by atoms with Gasteiger partial charge >= 0.3 is 6.09 Å². The molecule has 0 bridgehead atoms. The van der Waals surface area contributed by atoms with Crippen LogP contribution in [0.25, 0.3) is 0 Å². The molecule has 0 aromatic carbocycles. The van der Waals surface area contributed by atoms with Crippen LogP contribution in [0.15, 0.2) is 0 Å². The number of ether oxygens (including phenoxy) is 1. The van der Waals surface area contributed by atoms with Crippen molar-refractivity contribution in [3.8, 4) is 0 Å². The van der Waals surface area contributed by atoms with Gasteiger partial charge in [0.05, 0.1) is 0 Å². The van der Waals surface area contributed by atoms with Crippen molar-refractivity contribution in [2.75, 3.05) is 13.1 Å². The molecule has 0 radical (unpaired) electrons. The van der Waals surface area contributed by atoms with Gasteiger partial charge in [-0.05, 0) is 71.1 Å². The van der Waals surface area contributed by atoms with E-state index in [-0.39, 0.29) is 6.09 Å². The van der Waals surface area contributed by atoms with Crippen LogP contribution in [0.2, 0.25) is 0 Å². The molecular weight excluding hydrogens is 278 g/mol. The molecule has 22 heavy (non-hydrogen) atoms. The summed E-state index contributed by atoms with van der Waals surface area (Å²) in [7, 11) is 0. The van der Waals surface area contributed by atoms with Crippen molar-refractivity contribution in [1.29, 1.82) is 0 Å². The number of nitrogens with one attached hydrogen (secondary N) is 2. The van der Waals surface area contributed by atoms with E-state index in [0.29, 0.717) is 12.1 Å². The largest absolute Gasteiger partial charge is 0.443 e. The molecule has 0 aromatic rings. The number of nitrogens with zero attached hydrogens (tertiary/aromatic N) is 1. The minimum Gasteiger partial charge on any atom is -0.443 e. The highest BCUT2D eigenvalue weighted by atomic mass is 16.6. The first-order valence-electron chi connectivity index (χ1n) is 8.89. The molecule has 3 saturated carbocycles. The summed E-state index contributed by atoms with van der Waals surface area (Å²) >= 11 is 0. The van der Waals surface area contributed by atoms with Crippen LogP contribution in [0.3, 0.4) is 0 Å². The fraction of sp³-hybridized carbons (Fsp3) is 0.941. The molecule has 0 aliphatic heterocycles. The molecule has 0 spiro atoms. The molecule has 0 aromatic heterocycles. The highest BCUT2D eigenvalue weighted by Gasteiger charge is 2.40. The van der Waals surface area contributed by atoms with Crippen molar-refractivity contribution in [3.05, 3.63) is 0 Å². The fourth-order valence-electron chi connectivity index (χ4n) is 3.15. The second kappa shape index (κ2) is 6.36. The molecule has 126 valence electrons. The smallest absolute Gasteiger partial charge is 0.422 e. The fourth-order valence-corrected chi connectivity index (χ4v) is 3.15. The summed E-state index contributed by atoms with van der Waals surface area (Å²) in [5.74, 6) is 1.86. The number of hydrogen-bond acceptors (Lipinski definition) is 4. The molecule has 5 heteroatoms. The van der Waals surface area contributed by atoms with E-state index in [1.165, 1.54) is 45.2 Å². The third-order valence-electron chi connectivity index (χ3n) is 4.84. The van der Waals surface area contributed by atoms with Gasteiger partial charge in [0.25, 0.3) is 0 Å². The molecule has 2 atom stereocenters. The summed E-state index contributed by atoms with van der Waals surface area (Å²) in [4.78, 5) is 14.4. The Bertz CT molecular complexity index is 385. The maximum absolute atomic E-state index is 11.7. The van der Waals surface area contributed by atoms with E-state index in [4.69, 9.17) is 4.74 Å². The second-order valence-corrected chi connectivity index (χ2v) is 8.36. The third kappa shape index (κ3) is 4.85. The number of rotatable bonds is 7. The van der Waals surface area contributed by atoms with Crippen LogP contribution in [-0.4, -0.2) is 41.8 Å². The van der Waals surface area contributed by atoms with Gasteiger partial charge in [0, 0.05) is 25.2 Å². The van der Waals surface area contributed by atoms with E-state index in [9.17, 15) is 4.79 Å². The summed E-state index contributed by atoms with van der Waals surface area (Å²) < 4.78 is 5.28. The average Bonchev–Trinajstić information content (AvgIpc) is 3.21. The van der Waals surface area contributed by atoms with Crippen molar-refractivity contribution in [2.45, 2.75) is 77.0 Å². The van der Waals surface area contributed by atoms with Gasteiger partial charge < -0.3 is 4.74 Å². The van der Waals surface area contributed by atoms with E-state index in [1.54, 1.807) is 0 Å². The predicted molar refractivity (Wildman–Crippen MR) is 86.3 cm³/mol. The lowest BCUT2D eigenvalue weighted by molar-refractivity contribution is 0.0372. The molecule has 0 unspecified atom stereocenters. The Kier molecular flexibility index (Phi) is 4.64. The van der Waals surface area contributed by atoms with Gasteiger partial charge in [-0.15, -0.1) is 0 Å². The van der Waals surface area contributed by atoms with Crippen LogP contribution in [0, 0.1) is 11.8 Å². The monoisotopic (exact) mass is 309 g/mol. The molecule has 1 amide bonds. The van der Waals surface area contributed by atoms with Gasteiger partial charge in [0.2, 0.25) is 0 Å². The van der Waals surface area contributed by atoms with Crippen molar-refractivity contribution < 1.29 is 9.53 Å². The zero-order chi connectivity index (χ0) is 15.7. The van der Waals surface area contributed by atoms with Crippen LogP contribution in [-0.2, 0) is 4.74 Å². The minimum absolute atomic E-state index is 0.366. The standard InChI is InChI=1S/C17H31N3O2/c1-17(2,3)22-16(21)19-18-14-8-9-15(14)20(10-12-4-5-12)11-13-6-7-13/h12-15,18H,4-11H2,1-3H3,(H,19,21)/t14-,15-/m1/s1. The zero-order valence-electron chi connectivity index (χ0n) is 14.2. The quantitative estimate of drug-likeness (QED) is 0.710. The lowest BCUT2D eigenvalue weighted by atomic mass is 9.85. The van der Waals surface area contributed by atoms with Crippen LogP contribution in [0.1, 0.15) is 59.3 Å². The Balaban J connectivity index is 1.43. The van der Waals surface area contributed by atoms with E-state index < -0.39 is 5.60 Å². The summed E-state index contributed by atoms with van der Waals surface area (Å²) in [6.07, 6.45) is 7.61. The summed E-state index contributed by atoms with van der Waals surface area (Å²) in [5.41, 5.74) is 5.47. The molecular formula is C17H31N3O2. The highest BCUT2D eigenvalue weighted by Crippen LogP contribution is 2.37. The predicted octanol–water partition coefficient (Wildman–Crippen LogP) is 2.67. The number of hydrazine groups is 1. The van der Waals surface area contributed by atoms with Crippen molar-refractivity contribution >= 4 is 6.09 Å². The molecule has 3 aliphatic rings. The Morgan fingerprint density at radius 1 is 1.05 bits per heavy atom. The van der Waals surface area contributed by atoms with Gasteiger partial charge in [-0.3, -0.25) is 10.3 Å². The van der Waals surface area contributed by atoms with E-state index in [0.717, 1.165) is 18.3 Å². The molecule has 0 heterocycles. The molecule has 2 N–H and O–H groups in total. The highest BCUT2D eigenvalue weighted by molar-refractivity contribution is 5.67. The van der Waals surface area contributed by atoms with Gasteiger partial charge in [-0.1, -0.05) is 0 Å². The first kappa shape index (κ1) is 16.1. The summed E-state index contributed by atoms with van der Waals surface area (Å²) in [6.45, 7) is 8.15. The van der Waals surface area contributed by atoms with Gasteiger partial charge in [-0.25, -0.2) is 10.2 Å². The van der Waals surface area contributed by atoms with E-state index in [1.807, 2.05) is 20.8 Å². The van der Waals surface area contributed by atoms with Crippen LogP contribution in [0.4, 0.5) is 4.79 Å². The lowest BCUT2D eigenvalue weighted by Gasteiger charge is -2.45. The van der Waals surface area contributed by atoms with E-state index in [2.05, 4.69) is 15.8 Å². The molecule has 5 nitrogen and oxygen atoms in total. The summed E-state index contributed by atoms with van der Waals surface area (Å²) in [6, 6.07) is 0.946. The van der Waals surface area contributed by atoms with Gasteiger partial charge in [0.1, 0.15) is 5.60 Å². The molecule has 3 fully saturated rings. The first-order chi connectivity index (χ1) is 10.4. The lowest BCUT2D eigenvalue weighted by Crippen LogP contribution is -2.61. The topological polar surface area (TPSA) is 53.6 Å². The third-order valence-corrected chi connectivity index (χ3v) is 4.84. The van der Waals surface area contributed by atoms with Crippen LogP contribution < -0.4 is 10.9 Å². The number of hydrogen-bond donors (Lipinski definition) is 2.